The van der Waals surface area contributed by atoms with Crippen LogP contribution in [0.1, 0.15) is 58.1 Å². The molecule has 2 heterocycles. The average molecular weight is 278 g/mol. The lowest BCUT2D eigenvalue weighted by atomic mass is 9.80. The molecular weight excluding hydrogens is 248 g/mol. The van der Waals surface area contributed by atoms with Gasteiger partial charge in [-0.3, -0.25) is 4.90 Å². The summed E-state index contributed by atoms with van der Waals surface area (Å²) in [5.74, 6) is 2.75. The Hall–Kier alpha value is -0.800. The molecular formula is C17H30N2O. The Kier molecular flexibility index (Phi) is 4.60. The van der Waals surface area contributed by atoms with E-state index in [1.165, 1.54) is 6.42 Å². The normalized spacial score (nSPS) is 24.0. The van der Waals surface area contributed by atoms with E-state index in [2.05, 4.69) is 38.7 Å². The van der Waals surface area contributed by atoms with Crippen LogP contribution in [0.4, 0.5) is 0 Å². The van der Waals surface area contributed by atoms with E-state index in [0.29, 0.717) is 5.41 Å². The first kappa shape index (κ1) is 15.6. The molecule has 0 radical (unpaired) electrons. The van der Waals surface area contributed by atoms with Crippen molar-refractivity contribution < 1.29 is 4.42 Å². The molecule has 1 saturated heterocycles. The van der Waals surface area contributed by atoms with Gasteiger partial charge in [0.25, 0.3) is 0 Å². The molecule has 1 aromatic heterocycles. The van der Waals surface area contributed by atoms with Gasteiger partial charge in [0.05, 0.1) is 6.04 Å². The quantitative estimate of drug-likeness (QED) is 0.912. The van der Waals surface area contributed by atoms with Crippen LogP contribution in [0, 0.1) is 18.3 Å². The van der Waals surface area contributed by atoms with E-state index in [1.807, 2.05) is 13.0 Å². The molecule has 1 aliphatic rings. The summed E-state index contributed by atoms with van der Waals surface area (Å²) in [6.07, 6.45) is 2.23. The van der Waals surface area contributed by atoms with Gasteiger partial charge in [-0.25, -0.2) is 0 Å². The number of nitrogens with zero attached hydrogens (tertiary/aromatic N) is 1. The van der Waals surface area contributed by atoms with Crippen molar-refractivity contribution >= 4 is 0 Å². The van der Waals surface area contributed by atoms with Gasteiger partial charge in [0.15, 0.2) is 0 Å². The van der Waals surface area contributed by atoms with Gasteiger partial charge >= 0.3 is 0 Å². The van der Waals surface area contributed by atoms with E-state index in [4.69, 9.17) is 10.2 Å². The Morgan fingerprint density at radius 3 is 2.55 bits per heavy atom. The molecule has 2 N–H and O–H groups in total. The summed E-state index contributed by atoms with van der Waals surface area (Å²) in [6.45, 7) is 13.4. The first-order valence-corrected chi connectivity index (χ1v) is 7.89. The second-order valence-corrected chi connectivity index (χ2v) is 7.31. The second kappa shape index (κ2) is 5.90. The summed E-state index contributed by atoms with van der Waals surface area (Å²) in [5.41, 5.74) is 6.76. The number of likely N-dealkylation sites (tertiary alicyclic amines) is 1. The van der Waals surface area contributed by atoms with Crippen LogP contribution in [0.5, 0.6) is 0 Å². The molecule has 1 aromatic rings. The molecule has 20 heavy (non-hydrogen) atoms. The number of hydrogen-bond acceptors (Lipinski definition) is 3. The molecule has 0 amide bonds. The molecule has 2 rings (SSSR count). The topological polar surface area (TPSA) is 42.4 Å². The zero-order valence-electron chi connectivity index (χ0n) is 13.6. The van der Waals surface area contributed by atoms with E-state index in [-0.39, 0.29) is 12.1 Å². The average Bonchev–Trinajstić information content (AvgIpc) is 2.98. The summed E-state index contributed by atoms with van der Waals surface area (Å²) in [5, 5.41) is 0. The largest absolute Gasteiger partial charge is 0.465 e. The van der Waals surface area contributed by atoms with Crippen LogP contribution in [-0.2, 0) is 0 Å². The van der Waals surface area contributed by atoms with Gasteiger partial charge in [0.1, 0.15) is 11.5 Å². The molecule has 114 valence electrons. The predicted molar refractivity (Wildman–Crippen MR) is 83.6 cm³/mol. The minimum Gasteiger partial charge on any atom is -0.465 e. The molecule has 1 aliphatic heterocycles. The van der Waals surface area contributed by atoms with Gasteiger partial charge in [-0.1, -0.05) is 27.7 Å². The fourth-order valence-electron chi connectivity index (χ4n) is 3.24. The first-order chi connectivity index (χ1) is 9.32. The summed E-state index contributed by atoms with van der Waals surface area (Å²) in [6, 6.07) is 4.50. The van der Waals surface area contributed by atoms with E-state index in [9.17, 15) is 0 Å². The van der Waals surface area contributed by atoms with Crippen molar-refractivity contribution in [3.8, 4) is 0 Å². The molecule has 3 nitrogen and oxygen atoms in total. The molecule has 0 aliphatic carbocycles. The van der Waals surface area contributed by atoms with Crippen molar-refractivity contribution in [1.29, 1.82) is 0 Å². The van der Waals surface area contributed by atoms with E-state index >= 15 is 0 Å². The van der Waals surface area contributed by atoms with Crippen molar-refractivity contribution in [2.45, 2.75) is 59.5 Å². The summed E-state index contributed by atoms with van der Waals surface area (Å²) in [4.78, 5) is 2.53. The Balaban J connectivity index is 2.17. The number of nitrogens with two attached hydrogens (primary N) is 1. The van der Waals surface area contributed by atoms with Gasteiger partial charge in [-0.05, 0) is 49.8 Å². The highest BCUT2D eigenvalue weighted by Crippen LogP contribution is 2.38. The van der Waals surface area contributed by atoms with Gasteiger partial charge in [-0.15, -0.1) is 0 Å². The zero-order chi connectivity index (χ0) is 14.9. The smallest absolute Gasteiger partial charge is 0.122 e. The van der Waals surface area contributed by atoms with Crippen LogP contribution in [-0.4, -0.2) is 24.0 Å². The van der Waals surface area contributed by atoms with Crippen LogP contribution in [0.15, 0.2) is 16.5 Å². The van der Waals surface area contributed by atoms with Gasteiger partial charge in [-0.2, -0.15) is 0 Å². The standard InChI is InChI=1S/C17H30N2O/c1-6-14(18)16(15-8-7-12(2)20-15)19-10-9-13(11-19)17(3,4)5/h7-8,13-14,16H,6,9-11,18H2,1-5H3. The molecule has 0 aromatic carbocycles. The molecule has 0 saturated carbocycles. The van der Waals surface area contributed by atoms with Crippen molar-refractivity contribution in [3.05, 3.63) is 23.7 Å². The third kappa shape index (κ3) is 3.26. The Bertz CT molecular complexity index is 432. The number of furan rings is 1. The van der Waals surface area contributed by atoms with Crippen molar-refractivity contribution in [3.63, 3.8) is 0 Å². The Morgan fingerprint density at radius 2 is 2.10 bits per heavy atom. The Morgan fingerprint density at radius 1 is 1.40 bits per heavy atom. The highest BCUT2D eigenvalue weighted by Gasteiger charge is 2.37. The van der Waals surface area contributed by atoms with Crippen LogP contribution < -0.4 is 5.73 Å². The molecule has 3 unspecified atom stereocenters. The molecule has 1 fully saturated rings. The number of hydrogen-bond donors (Lipinski definition) is 1. The fourth-order valence-corrected chi connectivity index (χ4v) is 3.24. The summed E-state index contributed by atoms with van der Waals surface area (Å²) in [7, 11) is 0. The fraction of sp³-hybridized carbons (Fsp3) is 0.765. The SMILES string of the molecule is CCC(N)C(c1ccc(C)o1)N1CCC(C(C)(C)C)C1. The minimum atomic E-state index is 0.138. The third-order valence-electron chi connectivity index (χ3n) is 4.77. The summed E-state index contributed by atoms with van der Waals surface area (Å²) >= 11 is 0. The predicted octanol–water partition coefficient (Wildman–Crippen LogP) is 3.73. The van der Waals surface area contributed by atoms with Crippen molar-refractivity contribution in [1.82, 2.24) is 4.90 Å². The zero-order valence-corrected chi connectivity index (χ0v) is 13.6. The highest BCUT2D eigenvalue weighted by atomic mass is 16.3. The van der Waals surface area contributed by atoms with Gasteiger partial charge in [0, 0.05) is 12.6 Å². The molecule has 3 heteroatoms. The second-order valence-electron chi connectivity index (χ2n) is 7.31. The highest BCUT2D eigenvalue weighted by molar-refractivity contribution is 5.13. The van der Waals surface area contributed by atoms with Gasteiger partial charge in [0.2, 0.25) is 0 Å². The van der Waals surface area contributed by atoms with E-state index in [0.717, 1.165) is 36.9 Å². The lowest BCUT2D eigenvalue weighted by Crippen LogP contribution is -2.40. The summed E-state index contributed by atoms with van der Waals surface area (Å²) < 4.78 is 5.88. The maximum atomic E-state index is 6.39. The molecule has 3 atom stereocenters. The minimum absolute atomic E-state index is 0.138. The lowest BCUT2D eigenvalue weighted by molar-refractivity contribution is 0.156. The van der Waals surface area contributed by atoms with Gasteiger partial charge < -0.3 is 10.2 Å². The first-order valence-electron chi connectivity index (χ1n) is 7.89. The Labute approximate surface area is 123 Å². The maximum absolute atomic E-state index is 6.39. The number of rotatable bonds is 4. The van der Waals surface area contributed by atoms with Crippen molar-refractivity contribution in [2.24, 2.45) is 17.1 Å². The molecule has 0 spiro atoms. The van der Waals surface area contributed by atoms with Crippen molar-refractivity contribution in [2.75, 3.05) is 13.1 Å². The van der Waals surface area contributed by atoms with E-state index < -0.39 is 0 Å². The lowest BCUT2D eigenvalue weighted by Gasteiger charge is -2.32. The third-order valence-corrected chi connectivity index (χ3v) is 4.77. The monoisotopic (exact) mass is 278 g/mol. The number of aryl methyl sites for hydroxylation is 1. The van der Waals surface area contributed by atoms with Crippen LogP contribution in [0.25, 0.3) is 0 Å². The van der Waals surface area contributed by atoms with E-state index in [1.54, 1.807) is 0 Å². The maximum Gasteiger partial charge on any atom is 0.122 e. The van der Waals surface area contributed by atoms with Crippen LogP contribution >= 0.6 is 0 Å². The molecule has 0 bridgehead atoms. The van der Waals surface area contributed by atoms with Crippen LogP contribution in [0.3, 0.4) is 0 Å². The van der Waals surface area contributed by atoms with Crippen LogP contribution in [0.2, 0.25) is 0 Å².